The number of amides is 2. The molecule has 0 bridgehead atoms. The first kappa shape index (κ1) is 30.1. The van der Waals surface area contributed by atoms with Crippen molar-refractivity contribution in [3.8, 4) is 0 Å². The van der Waals surface area contributed by atoms with Gasteiger partial charge in [-0.15, -0.1) is 0 Å². The quantitative estimate of drug-likeness (QED) is 0.267. The number of pyridine rings is 1. The number of hydrogen-bond acceptors (Lipinski definition) is 6. The Morgan fingerprint density at radius 1 is 0.867 bits per heavy atom. The van der Waals surface area contributed by atoms with Gasteiger partial charge in [0.2, 0.25) is 5.91 Å². The molecule has 1 fully saturated rings. The Morgan fingerprint density at radius 2 is 1.60 bits per heavy atom. The highest BCUT2D eigenvalue weighted by Crippen LogP contribution is 2.21. The zero-order valence-electron chi connectivity index (χ0n) is 24.4. The van der Waals surface area contributed by atoms with Crippen LogP contribution < -0.4 is 10.6 Å². The number of aromatic nitrogens is 1. The molecular weight excluding hydrogens is 588 g/mol. The maximum absolute atomic E-state index is 13.8. The van der Waals surface area contributed by atoms with Crippen LogP contribution in [-0.2, 0) is 26.0 Å². The highest BCUT2D eigenvalue weighted by molar-refractivity contribution is 7.89. The first-order valence-electron chi connectivity index (χ1n) is 14.8. The number of nitrogens with one attached hydrogen (secondary N) is 2. The maximum atomic E-state index is 13.8. The summed E-state index contributed by atoms with van der Waals surface area (Å²) in [6.45, 7) is -0.267. The molecule has 2 N–H and O–H groups in total. The van der Waals surface area contributed by atoms with E-state index in [0.29, 0.717) is 12.0 Å². The van der Waals surface area contributed by atoms with E-state index < -0.39 is 39.7 Å². The molecule has 0 saturated carbocycles. The minimum atomic E-state index is -3.98. The summed E-state index contributed by atoms with van der Waals surface area (Å²) in [5, 5.41) is 9.33. The number of sulfonamides is 1. The van der Waals surface area contributed by atoms with Crippen molar-refractivity contribution in [2.24, 2.45) is 0 Å². The SMILES string of the molecule is O=C(N[C@@H](Cc1ccc2ccccc2c1)C(=O)NC1CCCN(S(=O)(=O)c2ccccn2)CC1=O)c1cccc2ccccc12. The molecule has 2 heterocycles. The van der Waals surface area contributed by atoms with E-state index in [9.17, 15) is 22.8 Å². The van der Waals surface area contributed by atoms with Gasteiger partial charge < -0.3 is 10.6 Å². The van der Waals surface area contributed by atoms with Crippen molar-refractivity contribution in [3.05, 3.63) is 120 Å². The number of rotatable bonds is 8. The summed E-state index contributed by atoms with van der Waals surface area (Å²) in [4.78, 5) is 44.8. The number of ketones is 1. The van der Waals surface area contributed by atoms with Gasteiger partial charge in [0.15, 0.2) is 10.8 Å². The molecule has 0 aliphatic carbocycles. The second-order valence-electron chi connectivity index (χ2n) is 11.1. The van der Waals surface area contributed by atoms with Crippen LogP contribution in [0.3, 0.4) is 0 Å². The van der Waals surface area contributed by atoms with Crippen molar-refractivity contribution in [2.75, 3.05) is 13.1 Å². The Labute approximate surface area is 261 Å². The molecule has 2 amide bonds. The summed E-state index contributed by atoms with van der Waals surface area (Å²) in [5.41, 5.74) is 1.28. The Kier molecular flexibility index (Phi) is 8.68. The molecule has 4 aromatic carbocycles. The number of carbonyl (C=O) groups is 3. The predicted molar refractivity (Wildman–Crippen MR) is 172 cm³/mol. The molecule has 2 atom stereocenters. The molecular formula is C35H32N4O5S. The van der Waals surface area contributed by atoms with Crippen molar-refractivity contribution in [2.45, 2.75) is 36.4 Å². The van der Waals surface area contributed by atoms with Gasteiger partial charge in [-0.1, -0.05) is 84.9 Å². The normalized spacial score (nSPS) is 16.6. The lowest BCUT2D eigenvalue weighted by Crippen LogP contribution is -2.53. The molecule has 1 aliphatic rings. The van der Waals surface area contributed by atoms with E-state index in [1.807, 2.05) is 72.8 Å². The summed E-state index contributed by atoms with van der Waals surface area (Å²) in [5.74, 6) is -1.35. The van der Waals surface area contributed by atoms with Crippen molar-refractivity contribution in [1.82, 2.24) is 19.9 Å². The van der Waals surface area contributed by atoms with Gasteiger partial charge in [-0.2, -0.15) is 4.31 Å². The van der Waals surface area contributed by atoms with Crippen molar-refractivity contribution in [1.29, 1.82) is 0 Å². The summed E-state index contributed by atoms with van der Waals surface area (Å²) < 4.78 is 27.4. The molecule has 228 valence electrons. The number of benzene rings is 4. The second-order valence-corrected chi connectivity index (χ2v) is 13.0. The Bertz CT molecular complexity index is 1990. The molecule has 1 unspecified atom stereocenters. The number of fused-ring (bicyclic) bond motifs is 2. The fourth-order valence-corrected chi connectivity index (χ4v) is 7.10. The second kappa shape index (κ2) is 13.0. The molecule has 5 aromatic rings. The van der Waals surface area contributed by atoms with E-state index >= 15 is 0 Å². The van der Waals surface area contributed by atoms with Crippen molar-refractivity contribution < 1.29 is 22.8 Å². The largest absolute Gasteiger partial charge is 0.344 e. The molecule has 0 spiro atoms. The van der Waals surface area contributed by atoms with E-state index in [2.05, 4.69) is 15.6 Å². The van der Waals surface area contributed by atoms with Gasteiger partial charge in [-0.3, -0.25) is 14.4 Å². The average molecular weight is 621 g/mol. The van der Waals surface area contributed by atoms with Gasteiger partial charge in [0.1, 0.15) is 6.04 Å². The minimum Gasteiger partial charge on any atom is -0.344 e. The van der Waals surface area contributed by atoms with Crippen LogP contribution >= 0.6 is 0 Å². The Balaban J connectivity index is 1.24. The zero-order valence-corrected chi connectivity index (χ0v) is 25.2. The van der Waals surface area contributed by atoms with Crippen LogP contribution in [0.2, 0.25) is 0 Å². The third-order valence-corrected chi connectivity index (χ3v) is 9.85. The third-order valence-electron chi connectivity index (χ3n) is 8.09. The van der Waals surface area contributed by atoms with Crippen LogP contribution in [0.4, 0.5) is 0 Å². The van der Waals surface area contributed by atoms with Crippen molar-refractivity contribution in [3.63, 3.8) is 0 Å². The smallest absolute Gasteiger partial charge is 0.260 e. The first-order valence-corrected chi connectivity index (χ1v) is 16.2. The lowest BCUT2D eigenvalue weighted by Gasteiger charge is -2.23. The summed E-state index contributed by atoms with van der Waals surface area (Å²) in [6.07, 6.45) is 2.20. The fourth-order valence-electron chi connectivity index (χ4n) is 5.73. The van der Waals surface area contributed by atoms with Crippen LogP contribution in [0.5, 0.6) is 0 Å². The third kappa shape index (κ3) is 6.62. The van der Waals surface area contributed by atoms with Crippen LogP contribution in [0, 0.1) is 0 Å². The van der Waals surface area contributed by atoms with Crippen LogP contribution in [0.1, 0.15) is 28.8 Å². The van der Waals surface area contributed by atoms with Gasteiger partial charge in [0.05, 0.1) is 12.6 Å². The molecule has 1 aliphatic heterocycles. The summed E-state index contributed by atoms with van der Waals surface area (Å²) in [6, 6.07) is 29.4. The first-order chi connectivity index (χ1) is 21.8. The minimum absolute atomic E-state index is 0.120. The van der Waals surface area contributed by atoms with Gasteiger partial charge in [0.25, 0.3) is 15.9 Å². The maximum Gasteiger partial charge on any atom is 0.260 e. The molecule has 0 radical (unpaired) electrons. The summed E-state index contributed by atoms with van der Waals surface area (Å²) in [7, 11) is -3.98. The monoisotopic (exact) mass is 620 g/mol. The standard InChI is InChI=1S/C35H32N4O5S/c40-32-23-39(45(43,44)33-16-5-6-19-36-33)20-8-15-30(32)37-35(42)31(22-24-17-18-25-9-1-2-11-27(25)21-24)38-34(41)29-14-7-12-26-10-3-4-13-28(26)29/h1-7,9-14,16-19,21,30-31H,8,15,20,22-23H2,(H,37,42)(H,38,41)/t30?,31-/m0/s1. The van der Waals surface area contributed by atoms with E-state index in [4.69, 9.17) is 0 Å². The molecule has 6 rings (SSSR count). The molecule has 9 nitrogen and oxygen atoms in total. The number of nitrogens with zero attached hydrogens (tertiary/aromatic N) is 2. The Hall–Kier alpha value is -4.93. The van der Waals surface area contributed by atoms with E-state index in [1.54, 1.807) is 24.3 Å². The number of hydrogen-bond donors (Lipinski definition) is 2. The van der Waals surface area contributed by atoms with Crippen LogP contribution in [0.25, 0.3) is 21.5 Å². The summed E-state index contributed by atoms with van der Waals surface area (Å²) >= 11 is 0. The highest BCUT2D eigenvalue weighted by atomic mass is 32.2. The van der Waals surface area contributed by atoms with E-state index in [1.165, 1.54) is 12.3 Å². The van der Waals surface area contributed by atoms with Crippen LogP contribution in [-0.4, -0.2) is 60.5 Å². The van der Waals surface area contributed by atoms with E-state index in [-0.39, 0.29) is 31.0 Å². The Morgan fingerprint density at radius 3 is 2.40 bits per heavy atom. The molecule has 1 saturated heterocycles. The topological polar surface area (TPSA) is 126 Å². The number of carbonyl (C=O) groups excluding carboxylic acids is 3. The lowest BCUT2D eigenvalue weighted by molar-refractivity contribution is -0.128. The predicted octanol–water partition coefficient (Wildman–Crippen LogP) is 4.27. The zero-order chi connectivity index (χ0) is 31.4. The lowest BCUT2D eigenvalue weighted by atomic mass is 9.99. The molecule has 1 aromatic heterocycles. The van der Waals surface area contributed by atoms with Gasteiger partial charge in [-0.25, -0.2) is 13.4 Å². The highest BCUT2D eigenvalue weighted by Gasteiger charge is 2.35. The van der Waals surface area contributed by atoms with Gasteiger partial charge >= 0.3 is 0 Å². The molecule has 10 heteroatoms. The average Bonchev–Trinajstić information content (AvgIpc) is 3.25. The fraction of sp³-hybridized carbons (Fsp3) is 0.200. The van der Waals surface area contributed by atoms with E-state index in [0.717, 1.165) is 31.4 Å². The molecule has 45 heavy (non-hydrogen) atoms. The van der Waals surface area contributed by atoms with Gasteiger partial charge in [0, 0.05) is 24.7 Å². The number of Topliss-reactive ketones (excluding diaryl/α,β-unsaturated/α-hetero) is 1. The van der Waals surface area contributed by atoms with Gasteiger partial charge in [-0.05, 0) is 58.1 Å². The van der Waals surface area contributed by atoms with Crippen LogP contribution in [0.15, 0.2) is 114 Å². The van der Waals surface area contributed by atoms with Crippen molar-refractivity contribution >= 4 is 49.2 Å².